The second kappa shape index (κ2) is 41.5. The fourth-order valence-corrected chi connectivity index (χ4v) is 5.33. The third-order valence-corrected chi connectivity index (χ3v) is 8.47. The van der Waals surface area contributed by atoms with E-state index in [0.29, 0.717) is 6.42 Å². The summed E-state index contributed by atoms with van der Waals surface area (Å²) in [6.45, 7) is 4.13. The normalized spacial score (nSPS) is 14.2. The van der Waals surface area contributed by atoms with Crippen molar-refractivity contribution in [1.29, 1.82) is 0 Å². The van der Waals surface area contributed by atoms with Gasteiger partial charge < -0.3 is 15.5 Å². The first kappa shape index (κ1) is 48.1. The molecule has 0 bridgehead atoms. The van der Waals surface area contributed by atoms with Crippen molar-refractivity contribution in [2.75, 3.05) is 6.61 Å². The maximum absolute atomic E-state index is 12.3. The number of unbranched alkanes of at least 4 members (excludes halogenated alkanes) is 12. The number of aliphatic hydroxyl groups is 2. The molecule has 4 heteroatoms. The van der Waals surface area contributed by atoms with Crippen LogP contribution in [0.4, 0.5) is 0 Å². The van der Waals surface area contributed by atoms with Gasteiger partial charge in [-0.2, -0.15) is 0 Å². The van der Waals surface area contributed by atoms with Crippen molar-refractivity contribution in [3.05, 3.63) is 109 Å². The van der Waals surface area contributed by atoms with E-state index < -0.39 is 12.1 Å². The number of carbonyl (C=O) groups excluding carboxylic acids is 1. The average Bonchev–Trinajstić information content (AvgIpc) is 3.13. The Kier molecular flexibility index (Phi) is 39.1. The molecule has 2 unspecified atom stereocenters. The Labute approximate surface area is 315 Å². The maximum Gasteiger partial charge on any atom is 0.220 e. The maximum atomic E-state index is 12.3. The van der Waals surface area contributed by atoms with Crippen LogP contribution in [0.1, 0.15) is 162 Å². The molecule has 0 spiro atoms. The molecule has 0 saturated heterocycles. The fraction of sp³-hybridized carbons (Fsp3) is 0.596. The second-order valence-corrected chi connectivity index (χ2v) is 13.3. The molecule has 0 aromatic rings. The summed E-state index contributed by atoms with van der Waals surface area (Å²) in [5.74, 6) is -0.126. The molecule has 4 nitrogen and oxygen atoms in total. The number of allylic oxidation sites excluding steroid dienone is 17. The first-order chi connectivity index (χ1) is 25.2. The Morgan fingerprint density at radius 3 is 1.37 bits per heavy atom. The second-order valence-electron chi connectivity index (χ2n) is 13.3. The zero-order chi connectivity index (χ0) is 37.1. The summed E-state index contributed by atoms with van der Waals surface area (Å²) in [4.78, 5) is 12.3. The molecule has 0 aliphatic heterocycles. The van der Waals surface area contributed by atoms with E-state index in [-0.39, 0.29) is 12.5 Å². The van der Waals surface area contributed by atoms with Crippen LogP contribution >= 0.6 is 0 Å². The molecule has 2 atom stereocenters. The largest absolute Gasteiger partial charge is 0.394 e. The summed E-state index contributed by atoms with van der Waals surface area (Å²) in [5, 5.41) is 22.9. The molecule has 0 radical (unpaired) electrons. The van der Waals surface area contributed by atoms with Gasteiger partial charge in [0.15, 0.2) is 0 Å². The van der Waals surface area contributed by atoms with Crippen LogP contribution < -0.4 is 5.32 Å². The number of nitrogens with one attached hydrogen (secondary N) is 1. The molecule has 0 aliphatic rings. The van der Waals surface area contributed by atoms with Gasteiger partial charge >= 0.3 is 0 Å². The van der Waals surface area contributed by atoms with Crippen LogP contribution in [-0.4, -0.2) is 34.9 Å². The molecule has 0 aliphatic carbocycles. The third kappa shape index (κ3) is 38.1. The molecule has 288 valence electrons. The molecule has 51 heavy (non-hydrogen) atoms. The van der Waals surface area contributed by atoms with Crippen molar-refractivity contribution in [3.8, 4) is 0 Å². The molecule has 0 fully saturated rings. The standard InChI is InChI=1S/C47H77NO3/c1-3-5-7-9-11-13-15-17-19-21-23-24-25-27-29-31-33-35-37-39-41-43-47(51)48-45(44-49)46(50)42-40-38-36-34-32-30-28-26-22-20-18-16-14-12-10-8-6-4-2/h5,7,11,13,17,19,22-24,26-27,29,32-35,40,42,45-46,49-50H,3-4,6,8-10,12,14-16,18,20-21,25,28,30-31,36-39,41,43-44H2,1-2H3,(H,48,51)/b7-5-,13-11-,19-17-,24-23-,26-22+,29-27-,34-32+,35-33-,42-40+. The van der Waals surface area contributed by atoms with E-state index in [2.05, 4.69) is 116 Å². The van der Waals surface area contributed by atoms with Gasteiger partial charge in [0.05, 0.1) is 18.8 Å². The van der Waals surface area contributed by atoms with E-state index in [4.69, 9.17) is 0 Å². The van der Waals surface area contributed by atoms with E-state index in [9.17, 15) is 15.0 Å². The molecule has 0 aromatic heterocycles. The van der Waals surface area contributed by atoms with Crippen molar-refractivity contribution >= 4 is 5.91 Å². The smallest absolute Gasteiger partial charge is 0.220 e. The minimum absolute atomic E-state index is 0.126. The summed E-state index contributed by atoms with van der Waals surface area (Å²) < 4.78 is 0. The molecular formula is C47H77NO3. The van der Waals surface area contributed by atoms with Gasteiger partial charge in [-0.25, -0.2) is 0 Å². The summed E-state index contributed by atoms with van der Waals surface area (Å²) >= 11 is 0. The molecule has 3 N–H and O–H groups in total. The Balaban J connectivity index is 3.82. The number of hydrogen-bond donors (Lipinski definition) is 3. The number of aliphatic hydroxyl groups excluding tert-OH is 2. The van der Waals surface area contributed by atoms with Crippen molar-refractivity contribution in [1.82, 2.24) is 5.32 Å². The summed E-state index contributed by atoms with van der Waals surface area (Å²) in [6.07, 6.45) is 63.2. The Morgan fingerprint density at radius 2 is 0.882 bits per heavy atom. The number of carbonyl (C=O) groups is 1. The molecule has 0 heterocycles. The van der Waals surface area contributed by atoms with Crippen LogP contribution in [0.2, 0.25) is 0 Å². The zero-order valence-electron chi connectivity index (χ0n) is 32.8. The minimum Gasteiger partial charge on any atom is -0.394 e. The summed E-state index contributed by atoms with van der Waals surface area (Å²) in [6, 6.07) is -0.676. The van der Waals surface area contributed by atoms with Gasteiger partial charge in [0.25, 0.3) is 0 Å². The Bertz CT molecular complexity index is 1030. The molecule has 0 rings (SSSR count). The van der Waals surface area contributed by atoms with Gasteiger partial charge in [0.1, 0.15) is 0 Å². The van der Waals surface area contributed by atoms with Crippen molar-refractivity contribution in [2.24, 2.45) is 0 Å². The first-order valence-corrected chi connectivity index (χ1v) is 20.6. The van der Waals surface area contributed by atoms with Crippen LogP contribution in [-0.2, 0) is 4.79 Å². The van der Waals surface area contributed by atoms with Gasteiger partial charge in [0.2, 0.25) is 5.91 Å². The van der Waals surface area contributed by atoms with Crippen LogP contribution in [0.15, 0.2) is 109 Å². The third-order valence-electron chi connectivity index (χ3n) is 8.47. The van der Waals surface area contributed by atoms with Crippen molar-refractivity contribution in [2.45, 2.75) is 174 Å². The van der Waals surface area contributed by atoms with Crippen molar-refractivity contribution < 1.29 is 15.0 Å². The van der Waals surface area contributed by atoms with Gasteiger partial charge in [-0.1, -0.05) is 168 Å². The monoisotopic (exact) mass is 704 g/mol. The van der Waals surface area contributed by atoms with Crippen LogP contribution in [0.25, 0.3) is 0 Å². The summed E-state index contributed by atoms with van der Waals surface area (Å²) in [7, 11) is 0. The van der Waals surface area contributed by atoms with Crippen molar-refractivity contribution in [3.63, 3.8) is 0 Å². The minimum atomic E-state index is -0.895. The Hall–Kier alpha value is -2.95. The molecule has 0 saturated carbocycles. The molecule has 0 aromatic carbocycles. The van der Waals surface area contributed by atoms with Crippen LogP contribution in [0, 0.1) is 0 Å². The van der Waals surface area contributed by atoms with E-state index in [0.717, 1.165) is 83.5 Å². The molecule has 1 amide bonds. The Morgan fingerprint density at radius 1 is 0.490 bits per heavy atom. The average molecular weight is 704 g/mol. The van der Waals surface area contributed by atoms with Crippen LogP contribution in [0.5, 0.6) is 0 Å². The van der Waals surface area contributed by atoms with Gasteiger partial charge in [-0.15, -0.1) is 0 Å². The van der Waals surface area contributed by atoms with Gasteiger partial charge in [-0.3, -0.25) is 4.79 Å². The van der Waals surface area contributed by atoms with E-state index >= 15 is 0 Å². The highest BCUT2D eigenvalue weighted by Gasteiger charge is 2.17. The number of amides is 1. The highest BCUT2D eigenvalue weighted by atomic mass is 16.3. The van der Waals surface area contributed by atoms with Gasteiger partial charge in [-0.05, 0) is 96.3 Å². The highest BCUT2D eigenvalue weighted by Crippen LogP contribution is 2.10. The molecular weight excluding hydrogens is 627 g/mol. The van der Waals surface area contributed by atoms with E-state index in [1.54, 1.807) is 6.08 Å². The van der Waals surface area contributed by atoms with Crippen LogP contribution in [0.3, 0.4) is 0 Å². The summed E-state index contributed by atoms with van der Waals surface area (Å²) in [5.41, 5.74) is 0. The van der Waals surface area contributed by atoms with E-state index in [1.807, 2.05) is 6.08 Å². The predicted molar refractivity (Wildman–Crippen MR) is 225 cm³/mol. The van der Waals surface area contributed by atoms with E-state index in [1.165, 1.54) is 57.8 Å². The lowest BCUT2D eigenvalue weighted by Gasteiger charge is -2.19. The quantitative estimate of drug-likeness (QED) is 0.0454. The topological polar surface area (TPSA) is 69.6 Å². The lowest BCUT2D eigenvalue weighted by molar-refractivity contribution is -0.123. The number of rotatable bonds is 35. The lowest BCUT2D eigenvalue weighted by atomic mass is 10.1. The number of hydrogen-bond acceptors (Lipinski definition) is 3. The predicted octanol–water partition coefficient (Wildman–Crippen LogP) is 12.8. The SMILES string of the molecule is CC/C=C\C/C=C\C/C=C\C/C=C\C/C=C\C/C=C\CCCCC(=O)NC(CO)C(O)/C=C/CC/C=C/CC/C=C/CCCCCCCCCC. The van der Waals surface area contributed by atoms with Gasteiger partial charge in [0, 0.05) is 6.42 Å². The lowest BCUT2D eigenvalue weighted by Crippen LogP contribution is -2.45. The zero-order valence-corrected chi connectivity index (χ0v) is 32.8. The highest BCUT2D eigenvalue weighted by molar-refractivity contribution is 5.76. The first-order valence-electron chi connectivity index (χ1n) is 20.6. The fourth-order valence-electron chi connectivity index (χ4n) is 5.33.